The van der Waals surface area contributed by atoms with Crippen LogP contribution in [-0.2, 0) is 6.42 Å². The third-order valence-corrected chi connectivity index (χ3v) is 2.93. The molecule has 0 aromatic heterocycles. The van der Waals surface area contributed by atoms with E-state index in [1.165, 1.54) is 0 Å². The minimum absolute atomic E-state index is 0.0193. The molecule has 1 atom stereocenters. The molecule has 1 aliphatic rings. The van der Waals surface area contributed by atoms with Gasteiger partial charge in [0.05, 0.1) is 6.04 Å². The van der Waals surface area contributed by atoms with E-state index in [4.69, 9.17) is 0 Å². The van der Waals surface area contributed by atoms with Gasteiger partial charge >= 0.3 is 6.03 Å². The first-order valence-corrected chi connectivity index (χ1v) is 5.63. The number of nitrogens with one attached hydrogen (secondary N) is 2. The lowest BCUT2D eigenvalue weighted by Gasteiger charge is -2.14. The number of alkyl halides is 1. The number of phenols is 1. The number of carbonyl (C=O) groups excluding carboxylic acids is 1. The summed E-state index contributed by atoms with van der Waals surface area (Å²) in [5.74, 6) is 0.274. The second-order valence-electron chi connectivity index (χ2n) is 4.03. The van der Waals surface area contributed by atoms with Crippen LogP contribution < -0.4 is 10.6 Å². The van der Waals surface area contributed by atoms with Gasteiger partial charge in [0.1, 0.15) is 12.4 Å². The number of benzene rings is 1. The standard InChI is InChI=1S/C12H15FN2O2/c13-6-7-14-12(17)15-10-5-4-9-8(10)2-1-3-11(9)16/h1-3,10,16H,4-7H2,(H2,14,15,17). The van der Waals surface area contributed by atoms with E-state index in [2.05, 4.69) is 10.6 Å². The Morgan fingerprint density at radius 2 is 2.35 bits per heavy atom. The van der Waals surface area contributed by atoms with Crippen molar-refractivity contribution in [2.45, 2.75) is 18.9 Å². The summed E-state index contributed by atoms with van der Waals surface area (Å²) in [7, 11) is 0. The van der Waals surface area contributed by atoms with Crippen LogP contribution in [-0.4, -0.2) is 24.4 Å². The van der Waals surface area contributed by atoms with Crippen molar-refractivity contribution in [1.29, 1.82) is 0 Å². The van der Waals surface area contributed by atoms with Crippen LogP contribution in [0, 0.1) is 0 Å². The van der Waals surface area contributed by atoms with Crippen molar-refractivity contribution in [3.8, 4) is 5.75 Å². The molecule has 17 heavy (non-hydrogen) atoms. The summed E-state index contributed by atoms with van der Waals surface area (Å²) in [4.78, 5) is 11.4. The Kier molecular flexibility index (Phi) is 3.46. The Hall–Kier alpha value is -1.78. The summed E-state index contributed by atoms with van der Waals surface area (Å²) in [5.41, 5.74) is 1.84. The van der Waals surface area contributed by atoms with E-state index in [-0.39, 0.29) is 24.4 Å². The molecule has 0 heterocycles. The van der Waals surface area contributed by atoms with Crippen LogP contribution in [0.4, 0.5) is 9.18 Å². The number of urea groups is 1. The van der Waals surface area contributed by atoms with Crippen LogP contribution in [0.2, 0.25) is 0 Å². The number of hydrogen-bond acceptors (Lipinski definition) is 2. The first-order valence-electron chi connectivity index (χ1n) is 5.63. The van der Waals surface area contributed by atoms with E-state index in [0.717, 1.165) is 24.0 Å². The van der Waals surface area contributed by atoms with Crippen molar-refractivity contribution in [3.05, 3.63) is 29.3 Å². The van der Waals surface area contributed by atoms with Gasteiger partial charge in [-0.2, -0.15) is 0 Å². The van der Waals surface area contributed by atoms with Crippen molar-refractivity contribution < 1.29 is 14.3 Å². The number of fused-ring (bicyclic) bond motifs is 1. The highest BCUT2D eigenvalue weighted by Gasteiger charge is 2.25. The zero-order valence-electron chi connectivity index (χ0n) is 9.37. The predicted octanol–water partition coefficient (Wildman–Crippen LogP) is 1.65. The van der Waals surface area contributed by atoms with Crippen molar-refractivity contribution in [1.82, 2.24) is 10.6 Å². The van der Waals surface area contributed by atoms with Crippen LogP contribution in [0.5, 0.6) is 5.75 Å². The predicted molar refractivity (Wildman–Crippen MR) is 61.7 cm³/mol. The Morgan fingerprint density at radius 1 is 1.53 bits per heavy atom. The third-order valence-electron chi connectivity index (χ3n) is 2.93. The van der Waals surface area contributed by atoms with Crippen LogP contribution in [0.25, 0.3) is 0 Å². The number of hydrogen-bond donors (Lipinski definition) is 3. The molecule has 1 aromatic rings. The first-order chi connectivity index (χ1) is 8.22. The summed E-state index contributed by atoms with van der Waals surface area (Å²) in [6, 6.07) is 4.82. The topological polar surface area (TPSA) is 61.4 Å². The van der Waals surface area contributed by atoms with Crippen molar-refractivity contribution >= 4 is 6.03 Å². The first kappa shape index (κ1) is 11.7. The fourth-order valence-electron chi connectivity index (χ4n) is 2.16. The highest BCUT2D eigenvalue weighted by molar-refractivity contribution is 5.74. The number of phenolic OH excluding ortho intramolecular Hbond substituents is 1. The molecule has 5 heteroatoms. The second-order valence-corrected chi connectivity index (χ2v) is 4.03. The fourth-order valence-corrected chi connectivity index (χ4v) is 2.16. The highest BCUT2D eigenvalue weighted by atomic mass is 19.1. The minimum atomic E-state index is -0.574. The molecule has 0 fully saturated rings. The summed E-state index contributed by atoms with van der Waals surface area (Å²) < 4.78 is 11.9. The SMILES string of the molecule is O=C(NCCF)NC1CCc2c(O)cccc21. The lowest BCUT2D eigenvalue weighted by Crippen LogP contribution is -2.38. The number of carbonyl (C=O) groups is 1. The molecule has 3 N–H and O–H groups in total. The second kappa shape index (κ2) is 5.03. The number of aromatic hydroxyl groups is 1. The van der Waals surface area contributed by atoms with E-state index >= 15 is 0 Å². The molecule has 0 spiro atoms. The number of amides is 2. The number of halogens is 1. The summed E-state index contributed by atoms with van der Waals surface area (Å²) in [6.45, 7) is -0.555. The van der Waals surface area contributed by atoms with Crippen LogP contribution >= 0.6 is 0 Å². The van der Waals surface area contributed by atoms with Gasteiger partial charge in [0.15, 0.2) is 0 Å². The number of rotatable bonds is 3. The molecule has 0 bridgehead atoms. The van der Waals surface area contributed by atoms with Gasteiger partial charge < -0.3 is 15.7 Å². The Labute approximate surface area is 98.8 Å². The lowest BCUT2D eigenvalue weighted by molar-refractivity contribution is 0.236. The van der Waals surface area contributed by atoms with Gasteiger partial charge in [0.25, 0.3) is 0 Å². The van der Waals surface area contributed by atoms with Gasteiger partial charge in [0.2, 0.25) is 0 Å². The van der Waals surface area contributed by atoms with Gasteiger partial charge in [-0.1, -0.05) is 12.1 Å². The zero-order valence-corrected chi connectivity index (χ0v) is 9.37. The average molecular weight is 238 g/mol. The Balaban J connectivity index is 2.02. The molecule has 1 aromatic carbocycles. The molecule has 4 nitrogen and oxygen atoms in total. The van der Waals surface area contributed by atoms with E-state index in [9.17, 15) is 14.3 Å². The van der Waals surface area contributed by atoms with Crippen molar-refractivity contribution in [2.75, 3.05) is 13.2 Å². The van der Waals surface area contributed by atoms with E-state index in [0.29, 0.717) is 0 Å². The molecular weight excluding hydrogens is 223 g/mol. The van der Waals surface area contributed by atoms with E-state index in [1.54, 1.807) is 12.1 Å². The van der Waals surface area contributed by atoms with Gasteiger partial charge in [-0.05, 0) is 30.0 Å². The highest BCUT2D eigenvalue weighted by Crippen LogP contribution is 2.35. The molecule has 0 saturated heterocycles. The van der Waals surface area contributed by atoms with Gasteiger partial charge in [0, 0.05) is 6.54 Å². The molecule has 0 saturated carbocycles. The quantitative estimate of drug-likeness (QED) is 0.749. The smallest absolute Gasteiger partial charge is 0.315 e. The normalized spacial score (nSPS) is 17.6. The van der Waals surface area contributed by atoms with E-state index in [1.807, 2.05) is 6.07 Å². The summed E-state index contributed by atoms with van der Waals surface area (Å²) in [6.07, 6.45) is 1.51. The molecule has 1 unspecified atom stereocenters. The van der Waals surface area contributed by atoms with Crippen molar-refractivity contribution in [2.24, 2.45) is 0 Å². The molecule has 0 aliphatic heterocycles. The monoisotopic (exact) mass is 238 g/mol. The van der Waals surface area contributed by atoms with E-state index < -0.39 is 6.67 Å². The Morgan fingerprint density at radius 3 is 3.12 bits per heavy atom. The maximum absolute atomic E-state index is 11.9. The summed E-state index contributed by atoms with van der Waals surface area (Å²) >= 11 is 0. The van der Waals surface area contributed by atoms with Crippen LogP contribution in [0.1, 0.15) is 23.6 Å². The largest absolute Gasteiger partial charge is 0.508 e. The average Bonchev–Trinajstić information content (AvgIpc) is 2.71. The van der Waals surface area contributed by atoms with Crippen LogP contribution in [0.15, 0.2) is 18.2 Å². The summed E-state index contributed by atoms with van der Waals surface area (Å²) in [5, 5.41) is 14.8. The maximum atomic E-state index is 11.9. The molecule has 92 valence electrons. The minimum Gasteiger partial charge on any atom is -0.508 e. The Bertz CT molecular complexity index is 423. The van der Waals surface area contributed by atoms with Gasteiger partial charge in [-0.25, -0.2) is 9.18 Å². The van der Waals surface area contributed by atoms with Gasteiger partial charge in [-0.3, -0.25) is 0 Å². The molecular formula is C12H15FN2O2. The molecule has 0 radical (unpaired) electrons. The lowest BCUT2D eigenvalue weighted by atomic mass is 10.1. The molecule has 2 amide bonds. The molecule has 1 aliphatic carbocycles. The van der Waals surface area contributed by atoms with Crippen molar-refractivity contribution in [3.63, 3.8) is 0 Å². The molecule has 2 rings (SSSR count). The zero-order chi connectivity index (χ0) is 12.3. The maximum Gasteiger partial charge on any atom is 0.315 e. The fraction of sp³-hybridized carbons (Fsp3) is 0.417. The van der Waals surface area contributed by atoms with Crippen LogP contribution in [0.3, 0.4) is 0 Å². The van der Waals surface area contributed by atoms with Gasteiger partial charge in [-0.15, -0.1) is 0 Å². The third kappa shape index (κ3) is 2.49.